The molecule has 0 radical (unpaired) electrons. The first-order valence-corrected chi connectivity index (χ1v) is 15.0. The Labute approximate surface area is 257 Å². The van der Waals surface area contributed by atoms with Gasteiger partial charge in [0.25, 0.3) is 0 Å². The van der Waals surface area contributed by atoms with Crippen LogP contribution in [0.1, 0.15) is 22.3 Å². The Morgan fingerprint density at radius 2 is 0.477 bits per heavy atom. The zero-order chi connectivity index (χ0) is 29.3. The van der Waals surface area contributed by atoms with E-state index in [-0.39, 0.29) is 0 Å². The van der Waals surface area contributed by atoms with Crippen LogP contribution in [-0.4, -0.2) is 0 Å². The Hall–Kier alpha value is -5.90. The van der Waals surface area contributed by atoms with Gasteiger partial charge in [-0.25, -0.2) is 0 Å². The van der Waals surface area contributed by atoms with E-state index in [0.717, 1.165) is 33.4 Å². The van der Waals surface area contributed by atoms with Crippen molar-refractivity contribution >= 4 is 54.2 Å². The lowest BCUT2D eigenvalue weighted by Gasteiger charge is -2.13. The number of hydrogen-bond acceptors (Lipinski definition) is 0. The summed E-state index contributed by atoms with van der Waals surface area (Å²) in [6, 6.07) is 60.5. The largest absolute Gasteiger partial charge is 0.0616 e. The molecular weight excluding hydrogens is 528 g/mol. The molecule has 0 spiro atoms. The van der Waals surface area contributed by atoms with Crippen LogP contribution in [-0.2, 0) is 0 Å². The number of hydrogen-bond donors (Lipinski definition) is 0. The molecule has 0 amide bonds. The highest BCUT2D eigenvalue weighted by Gasteiger charge is 2.14. The third kappa shape index (κ3) is 4.53. The second-order valence-corrected chi connectivity index (χ2v) is 11.1. The minimum absolute atomic E-state index is 1.02. The molecule has 0 heterocycles. The summed E-state index contributed by atoms with van der Waals surface area (Å²) in [5.74, 6) is 0. The van der Waals surface area contributed by atoms with Crippen LogP contribution in [0.15, 0.2) is 181 Å². The van der Waals surface area contributed by atoms with E-state index in [1.165, 1.54) is 43.1 Å². The fraction of sp³-hybridized carbons (Fsp3) is 0. The topological polar surface area (TPSA) is 0 Å². The highest BCUT2D eigenvalue weighted by molar-refractivity contribution is 6.06. The molecule has 0 fully saturated rings. The van der Waals surface area contributed by atoms with Gasteiger partial charge in [-0.2, -0.15) is 0 Å². The van der Waals surface area contributed by atoms with Crippen molar-refractivity contribution in [3.8, 4) is 0 Å². The third-order valence-electron chi connectivity index (χ3n) is 8.55. The summed E-state index contributed by atoms with van der Waals surface area (Å²) in [7, 11) is 0. The average molecular weight is 557 g/mol. The standard InChI is InChI=1S/C44H28/c1-5-21-35-31(13-1)17-9-25-39(35)43(40-26-10-18-32-14-2-6-22-36(32)40)29-30-44(41-27-11-19-33-15-3-7-23-37(33)41)42-28-12-20-34-16-4-8-24-38(34)42/h1-28H. The first-order valence-electron chi connectivity index (χ1n) is 15.0. The van der Waals surface area contributed by atoms with Gasteiger partial charge in [-0.15, -0.1) is 0 Å². The SMILES string of the molecule is C(=C=C(c1cccc2ccccc12)c1cccc2ccccc12)=C(c1cccc2ccccc12)c1cccc2ccccc12. The molecule has 0 atom stereocenters. The Kier molecular flexibility index (Phi) is 6.48. The maximum Gasteiger partial charge on any atom is 0.0406 e. The van der Waals surface area contributed by atoms with Crippen LogP contribution in [0.25, 0.3) is 54.2 Å². The van der Waals surface area contributed by atoms with Crippen LogP contribution in [0.5, 0.6) is 0 Å². The van der Waals surface area contributed by atoms with E-state index in [1.807, 2.05) is 0 Å². The fourth-order valence-electron chi connectivity index (χ4n) is 6.46. The van der Waals surface area contributed by atoms with E-state index in [9.17, 15) is 0 Å². The highest BCUT2D eigenvalue weighted by atomic mass is 14.2. The van der Waals surface area contributed by atoms with Crippen LogP contribution in [0.2, 0.25) is 0 Å². The van der Waals surface area contributed by atoms with Crippen LogP contribution < -0.4 is 0 Å². The molecule has 204 valence electrons. The zero-order valence-corrected chi connectivity index (χ0v) is 24.2. The second-order valence-electron chi connectivity index (χ2n) is 11.1. The summed E-state index contributed by atoms with van der Waals surface area (Å²) in [5.41, 5.74) is 14.2. The van der Waals surface area contributed by atoms with E-state index in [0.29, 0.717) is 0 Å². The Balaban J connectivity index is 1.56. The van der Waals surface area contributed by atoms with E-state index in [4.69, 9.17) is 0 Å². The van der Waals surface area contributed by atoms with Crippen molar-refractivity contribution in [2.24, 2.45) is 0 Å². The summed E-state index contributed by atoms with van der Waals surface area (Å²) < 4.78 is 0. The monoisotopic (exact) mass is 556 g/mol. The smallest absolute Gasteiger partial charge is 0.0406 e. The molecule has 0 unspecified atom stereocenters. The average Bonchev–Trinajstić information content (AvgIpc) is 3.10. The molecule has 0 N–H and O–H groups in total. The lowest BCUT2D eigenvalue weighted by atomic mass is 9.89. The molecule has 0 aromatic heterocycles. The van der Waals surface area contributed by atoms with E-state index < -0.39 is 0 Å². The number of rotatable bonds is 4. The predicted octanol–water partition coefficient (Wildman–Crippen LogP) is 11.6. The summed E-state index contributed by atoms with van der Waals surface area (Å²) in [4.78, 5) is 0. The van der Waals surface area contributed by atoms with Crippen molar-refractivity contribution in [3.05, 3.63) is 204 Å². The van der Waals surface area contributed by atoms with Gasteiger partial charge in [0.15, 0.2) is 0 Å². The van der Waals surface area contributed by atoms with Gasteiger partial charge >= 0.3 is 0 Å². The summed E-state index contributed by atoms with van der Waals surface area (Å²) in [6.45, 7) is 0. The molecule has 0 aliphatic heterocycles. The van der Waals surface area contributed by atoms with Gasteiger partial charge in [0.05, 0.1) is 0 Å². The summed E-state index contributed by atoms with van der Waals surface area (Å²) >= 11 is 0. The van der Waals surface area contributed by atoms with E-state index in [2.05, 4.69) is 181 Å². The molecule has 0 aliphatic rings. The first kappa shape index (κ1) is 25.8. The summed E-state index contributed by atoms with van der Waals surface area (Å²) in [5, 5.41) is 9.61. The van der Waals surface area contributed by atoms with Crippen molar-refractivity contribution in [3.63, 3.8) is 0 Å². The molecule has 8 aromatic carbocycles. The van der Waals surface area contributed by atoms with Crippen LogP contribution >= 0.6 is 0 Å². The van der Waals surface area contributed by atoms with Gasteiger partial charge in [-0.05, 0) is 65.3 Å². The number of benzene rings is 8. The molecule has 8 aromatic rings. The fourth-order valence-corrected chi connectivity index (χ4v) is 6.46. The molecule has 0 saturated heterocycles. The van der Waals surface area contributed by atoms with Crippen LogP contribution in [0.3, 0.4) is 0 Å². The molecule has 0 bridgehead atoms. The minimum Gasteiger partial charge on any atom is -0.0616 e. The second kappa shape index (κ2) is 11.1. The van der Waals surface area contributed by atoms with Crippen molar-refractivity contribution in [1.29, 1.82) is 0 Å². The van der Waals surface area contributed by atoms with Crippen molar-refractivity contribution in [2.75, 3.05) is 0 Å². The highest BCUT2D eigenvalue weighted by Crippen LogP contribution is 2.36. The van der Waals surface area contributed by atoms with Crippen molar-refractivity contribution in [1.82, 2.24) is 0 Å². The van der Waals surface area contributed by atoms with Gasteiger partial charge in [0, 0.05) is 11.1 Å². The molecule has 0 heteroatoms. The molecule has 0 aliphatic carbocycles. The molecule has 8 rings (SSSR count). The first-order chi connectivity index (χ1) is 21.8. The van der Waals surface area contributed by atoms with Crippen LogP contribution in [0.4, 0.5) is 0 Å². The normalized spacial score (nSPS) is 11.0. The quantitative estimate of drug-likeness (QED) is 0.189. The van der Waals surface area contributed by atoms with E-state index >= 15 is 0 Å². The Bertz CT molecular complexity index is 2100. The summed E-state index contributed by atoms with van der Waals surface area (Å²) in [6.07, 6.45) is 0. The maximum absolute atomic E-state index is 3.79. The zero-order valence-electron chi connectivity index (χ0n) is 24.2. The predicted molar refractivity (Wildman–Crippen MR) is 188 cm³/mol. The molecule has 0 saturated carbocycles. The lowest BCUT2D eigenvalue weighted by molar-refractivity contribution is 1.61. The molecular formula is C44H28. The van der Waals surface area contributed by atoms with Gasteiger partial charge in [0.2, 0.25) is 0 Å². The van der Waals surface area contributed by atoms with Gasteiger partial charge in [-0.3, -0.25) is 0 Å². The van der Waals surface area contributed by atoms with E-state index in [1.54, 1.807) is 0 Å². The van der Waals surface area contributed by atoms with Gasteiger partial charge in [-0.1, -0.05) is 181 Å². The third-order valence-corrected chi connectivity index (χ3v) is 8.55. The lowest BCUT2D eigenvalue weighted by Crippen LogP contribution is -1.92. The maximum atomic E-state index is 3.79. The number of fused-ring (bicyclic) bond motifs is 4. The van der Waals surface area contributed by atoms with Gasteiger partial charge in [0.1, 0.15) is 0 Å². The minimum atomic E-state index is 1.02. The van der Waals surface area contributed by atoms with Crippen LogP contribution in [0, 0.1) is 0 Å². The van der Waals surface area contributed by atoms with Crippen molar-refractivity contribution in [2.45, 2.75) is 0 Å². The Morgan fingerprint density at radius 3 is 0.750 bits per heavy atom. The Morgan fingerprint density at radius 1 is 0.250 bits per heavy atom. The molecule has 0 nitrogen and oxygen atoms in total. The van der Waals surface area contributed by atoms with Crippen molar-refractivity contribution < 1.29 is 0 Å². The molecule has 44 heavy (non-hydrogen) atoms. The van der Waals surface area contributed by atoms with Gasteiger partial charge < -0.3 is 0 Å².